The third-order valence-corrected chi connectivity index (χ3v) is 4.18. The lowest BCUT2D eigenvalue weighted by Crippen LogP contribution is -2.53. The van der Waals surface area contributed by atoms with Gasteiger partial charge in [0.15, 0.2) is 0 Å². The molecule has 0 aliphatic carbocycles. The Hall–Kier alpha value is -1.73. The van der Waals surface area contributed by atoms with Gasteiger partial charge in [0.05, 0.1) is 23.0 Å². The zero-order valence-electron chi connectivity index (χ0n) is 10.4. The van der Waals surface area contributed by atoms with E-state index in [-0.39, 0.29) is 0 Å². The molecule has 4 nitrogen and oxygen atoms in total. The summed E-state index contributed by atoms with van der Waals surface area (Å²) in [6.07, 6.45) is 2.57. The third kappa shape index (κ3) is 2.02. The maximum absolute atomic E-state index is 8.83. The highest BCUT2D eigenvalue weighted by Crippen LogP contribution is 2.31. The zero-order valence-corrected chi connectivity index (χ0v) is 10.4. The molecule has 0 aromatic heterocycles. The summed E-state index contributed by atoms with van der Waals surface area (Å²) in [6.45, 7) is 3.60. The van der Waals surface area contributed by atoms with Gasteiger partial charge in [-0.3, -0.25) is 0 Å². The quantitative estimate of drug-likeness (QED) is 0.774. The van der Waals surface area contributed by atoms with Gasteiger partial charge in [0, 0.05) is 12.6 Å². The van der Waals surface area contributed by atoms with Crippen LogP contribution >= 0.6 is 0 Å². The molecule has 3 saturated heterocycles. The Morgan fingerprint density at radius 1 is 1.33 bits per heavy atom. The number of anilines is 2. The van der Waals surface area contributed by atoms with Gasteiger partial charge in [0.2, 0.25) is 0 Å². The molecule has 1 atom stereocenters. The molecule has 94 valence electrons. The summed E-state index contributed by atoms with van der Waals surface area (Å²) < 4.78 is 0. The fourth-order valence-electron chi connectivity index (χ4n) is 3.09. The molecule has 1 aromatic carbocycles. The number of rotatable bonds is 2. The van der Waals surface area contributed by atoms with Gasteiger partial charge in [0.25, 0.3) is 0 Å². The number of nitrogens with zero attached hydrogens (tertiary/aromatic N) is 2. The van der Waals surface area contributed by atoms with Crippen LogP contribution in [0.3, 0.4) is 0 Å². The number of nitriles is 1. The maximum Gasteiger partial charge on any atom is 0.0992 e. The van der Waals surface area contributed by atoms with Gasteiger partial charge >= 0.3 is 0 Å². The number of hydrogen-bond acceptors (Lipinski definition) is 4. The Kier molecular flexibility index (Phi) is 2.85. The van der Waals surface area contributed by atoms with Crippen LogP contribution < -0.4 is 11.1 Å². The van der Waals surface area contributed by atoms with Crippen LogP contribution in [0, 0.1) is 17.2 Å². The Labute approximate surface area is 107 Å². The molecule has 3 N–H and O–H groups in total. The number of nitrogens with two attached hydrogens (primary N) is 1. The van der Waals surface area contributed by atoms with Gasteiger partial charge in [-0.1, -0.05) is 0 Å². The summed E-state index contributed by atoms with van der Waals surface area (Å²) in [5, 5.41) is 12.4. The molecule has 1 aromatic rings. The van der Waals surface area contributed by atoms with E-state index in [9.17, 15) is 0 Å². The smallest absolute Gasteiger partial charge is 0.0992 e. The van der Waals surface area contributed by atoms with Crippen LogP contribution in [0.25, 0.3) is 0 Å². The highest BCUT2D eigenvalue weighted by molar-refractivity contribution is 5.68. The third-order valence-electron chi connectivity index (χ3n) is 4.18. The molecule has 0 spiro atoms. The van der Waals surface area contributed by atoms with Crippen molar-refractivity contribution in [3.63, 3.8) is 0 Å². The molecular formula is C14H18N4. The first-order valence-electron chi connectivity index (χ1n) is 6.55. The van der Waals surface area contributed by atoms with E-state index in [2.05, 4.69) is 16.3 Å². The van der Waals surface area contributed by atoms with Crippen LogP contribution in [-0.4, -0.2) is 30.6 Å². The minimum Gasteiger partial charge on any atom is -0.397 e. The first-order chi connectivity index (χ1) is 8.76. The molecule has 3 aliphatic heterocycles. The molecule has 0 radical (unpaired) electrons. The van der Waals surface area contributed by atoms with Crippen LogP contribution in [0.5, 0.6) is 0 Å². The average molecular weight is 242 g/mol. The SMILES string of the molecule is N#Cc1ccc(NC2CN3CCC2CC3)c(N)c1. The first-order valence-corrected chi connectivity index (χ1v) is 6.55. The van der Waals surface area contributed by atoms with E-state index < -0.39 is 0 Å². The largest absolute Gasteiger partial charge is 0.397 e. The molecule has 3 fully saturated rings. The number of fused-ring (bicyclic) bond motifs is 3. The Morgan fingerprint density at radius 3 is 2.67 bits per heavy atom. The van der Waals surface area contributed by atoms with Gasteiger partial charge in [-0.05, 0) is 50.0 Å². The Balaban J connectivity index is 1.75. The fourth-order valence-corrected chi connectivity index (χ4v) is 3.09. The van der Waals surface area contributed by atoms with Crippen molar-refractivity contribution in [2.75, 3.05) is 30.7 Å². The molecular weight excluding hydrogens is 224 g/mol. The van der Waals surface area contributed by atoms with E-state index in [0.29, 0.717) is 17.3 Å². The molecule has 0 saturated carbocycles. The Morgan fingerprint density at radius 2 is 2.11 bits per heavy atom. The van der Waals surface area contributed by atoms with E-state index in [0.717, 1.165) is 18.2 Å². The lowest BCUT2D eigenvalue weighted by atomic mass is 9.84. The number of hydrogen-bond donors (Lipinski definition) is 2. The minimum absolute atomic E-state index is 0.503. The Bertz CT molecular complexity index is 483. The van der Waals surface area contributed by atoms with E-state index in [1.807, 2.05) is 12.1 Å². The van der Waals surface area contributed by atoms with Gasteiger partial charge < -0.3 is 16.0 Å². The van der Waals surface area contributed by atoms with Crippen molar-refractivity contribution in [3.8, 4) is 6.07 Å². The summed E-state index contributed by atoms with van der Waals surface area (Å²) in [5.41, 5.74) is 8.24. The lowest BCUT2D eigenvalue weighted by Gasteiger charge is -2.45. The second kappa shape index (κ2) is 4.51. The maximum atomic E-state index is 8.83. The molecule has 0 amide bonds. The molecule has 2 bridgehead atoms. The van der Waals surface area contributed by atoms with Gasteiger partial charge in [0.1, 0.15) is 0 Å². The topological polar surface area (TPSA) is 65.1 Å². The standard InChI is InChI=1S/C14H18N4/c15-8-10-1-2-13(12(16)7-10)17-14-9-18-5-3-11(14)4-6-18/h1-2,7,11,14,17H,3-6,9,16H2. The molecule has 3 heterocycles. The van der Waals surface area contributed by atoms with Crippen LogP contribution in [0.2, 0.25) is 0 Å². The van der Waals surface area contributed by atoms with Crippen LogP contribution in [0.1, 0.15) is 18.4 Å². The van der Waals surface area contributed by atoms with E-state index in [1.165, 1.54) is 25.9 Å². The van der Waals surface area contributed by atoms with E-state index in [1.54, 1.807) is 6.07 Å². The van der Waals surface area contributed by atoms with Crippen molar-refractivity contribution < 1.29 is 0 Å². The van der Waals surface area contributed by atoms with Crippen LogP contribution in [-0.2, 0) is 0 Å². The van der Waals surface area contributed by atoms with Crippen LogP contribution in [0.4, 0.5) is 11.4 Å². The van der Waals surface area contributed by atoms with E-state index >= 15 is 0 Å². The number of nitrogen functional groups attached to an aromatic ring is 1. The highest BCUT2D eigenvalue weighted by atomic mass is 15.2. The molecule has 1 unspecified atom stereocenters. The van der Waals surface area contributed by atoms with Crippen molar-refractivity contribution in [2.24, 2.45) is 5.92 Å². The van der Waals surface area contributed by atoms with Crippen molar-refractivity contribution in [3.05, 3.63) is 23.8 Å². The lowest BCUT2D eigenvalue weighted by molar-refractivity contribution is 0.0975. The van der Waals surface area contributed by atoms with Gasteiger partial charge in [-0.2, -0.15) is 5.26 Å². The van der Waals surface area contributed by atoms with E-state index in [4.69, 9.17) is 11.0 Å². The summed E-state index contributed by atoms with van der Waals surface area (Å²) in [7, 11) is 0. The number of benzene rings is 1. The van der Waals surface area contributed by atoms with Crippen molar-refractivity contribution >= 4 is 11.4 Å². The van der Waals surface area contributed by atoms with Crippen LogP contribution in [0.15, 0.2) is 18.2 Å². The molecule has 4 rings (SSSR count). The predicted octanol–water partition coefficient (Wildman–Crippen LogP) is 1.65. The average Bonchev–Trinajstić information content (AvgIpc) is 2.42. The summed E-state index contributed by atoms with van der Waals surface area (Å²) >= 11 is 0. The fraction of sp³-hybridized carbons (Fsp3) is 0.500. The van der Waals surface area contributed by atoms with Crippen molar-refractivity contribution in [2.45, 2.75) is 18.9 Å². The summed E-state index contributed by atoms with van der Waals surface area (Å²) in [4.78, 5) is 2.51. The normalized spacial score (nSPS) is 29.8. The monoisotopic (exact) mass is 242 g/mol. The molecule has 3 aliphatic rings. The second-order valence-corrected chi connectivity index (χ2v) is 5.30. The minimum atomic E-state index is 0.503. The van der Waals surface area contributed by atoms with Crippen molar-refractivity contribution in [1.82, 2.24) is 4.90 Å². The highest BCUT2D eigenvalue weighted by Gasteiger charge is 2.34. The number of piperidine rings is 3. The second-order valence-electron chi connectivity index (χ2n) is 5.30. The molecule has 4 heteroatoms. The molecule has 18 heavy (non-hydrogen) atoms. The van der Waals surface area contributed by atoms with Gasteiger partial charge in [-0.25, -0.2) is 0 Å². The number of nitrogens with one attached hydrogen (secondary N) is 1. The summed E-state index contributed by atoms with van der Waals surface area (Å²) in [5.74, 6) is 0.769. The van der Waals surface area contributed by atoms with Gasteiger partial charge in [-0.15, -0.1) is 0 Å². The first kappa shape index (κ1) is 11.4. The zero-order chi connectivity index (χ0) is 12.5. The predicted molar refractivity (Wildman–Crippen MR) is 72.1 cm³/mol. The van der Waals surface area contributed by atoms with Crippen molar-refractivity contribution in [1.29, 1.82) is 5.26 Å². The summed E-state index contributed by atoms with van der Waals surface area (Å²) in [6, 6.07) is 8.09.